The molecule has 0 saturated carbocycles. The van der Waals surface area contributed by atoms with Crippen LogP contribution in [0.2, 0.25) is 0 Å². The van der Waals surface area contributed by atoms with Gasteiger partial charge in [-0.25, -0.2) is 23.3 Å². The van der Waals surface area contributed by atoms with Crippen molar-refractivity contribution in [2.24, 2.45) is 5.14 Å². The molecule has 0 atom stereocenters. The number of carboxylic acid groups (broad SMARTS) is 1. The number of rotatable bonds is 4. The molecule has 20 heavy (non-hydrogen) atoms. The summed E-state index contributed by atoms with van der Waals surface area (Å²) < 4.78 is 22.5. The van der Waals surface area contributed by atoms with Crippen molar-refractivity contribution in [2.45, 2.75) is 11.8 Å². The predicted molar refractivity (Wildman–Crippen MR) is 74.9 cm³/mol. The van der Waals surface area contributed by atoms with Crippen LogP contribution in [-0.2, 0) is 10.0 Å². The van der Waals surface area contributed by atoms with Crippen LogP contribution in [0.25, 0.3) is 0 Å². The van der Waals surface area contributed by atoms with E-state index in [0.29, 0.717) is 16.5 Å². The summed E-state index contributed by atoms with van der Waals surface area (Å²) in [5, 5.41) is 17.2. The van der Waals surface area contributed by atoms with Crippen molar-refractivity contribution in [1.29, 1.82) is 0 Å². The highest BCUT2D eigenvalue weighted by Crippen LogP contribution is 2.26. The maximum absolute atomic E-state index is 11.2. The van der Waals surface area contributed by atoms with E-state index in [2.05, 4.69) is 10.3 Å². The molecule has 0 aliphatic rings. The zero-order valence-electron chi connectivity index (χ0n) is 10.3. The van der Waals surface area contributed by atoms with Gasteiger partial charge in [-0.15, -0.1) is 0 Å². The van der Waals surface area contributed by atoms with Crippen molar-refractivity contribution < 1.29 is 18.3 Å². The van der Waals surface area contributed by atoms with Crippen LogP contribution in [0, 0.1) is 6.92 Å². The molecule has 7 nitrogen and oxygen atoms in total. The molecule has 0 aliphatic carbocycles. The molecular formula is C11H11N3O4S2. The number of carbonyl (C=O) groups is 1. The van der Waals surface area contributed by atoms with E-state index in [1.807, 2.05) is 0 Å². The number of carboxylic acids is 1. The van der Waals surface area contributed by atoms with Crippen LogP contribution in [0.5, 0.6) is 0 Å². The first-order valence-electron chi connectivity index (χ1n) is 5.38. The number of benzene rings is 1. The third-order valence-electron chi connectivity index (χ3n) is 2.40. The van der Waals surface area contributed by atoms with E-state index in [4.69, 9.17) is 10.2 Å². The van der Waals surface area contributed by atoms with Gasteiger partial charge in [-0.2, -0.15) is 0 Å². The first-order valence-corrected chi connectivity index (χ1v) is 7.74. The van der Waals surface area contributed by atoms with E-state index < -0.39 is 16.0 Å². The van der Waals surface area contributed by atoms with Gasteiger partial charge in [0.05, 0.1) is 10.6 Å². The smallest absolute Gasteiger partial charge is 0.347 e. The van der Waals surface area contributed by atoms with Crippen LogP contribution in [0.4, 0.5) is 10.8 Å². The Hall–Kier alpha value is -1.97. The minimum Gasteiger partial charge on any atom is -0.477 e. The third kappa shape index (κ3) is 3.13. The highest BCUT2D eigenvalue weighted by atomic mass is 32.2. The Bertz CT molecular complexity index is 768. The second kappa shape index (κ2) is 5.19. The Morgan fingerprint density at radius 2 is 2.15 bits per heavy atom. The predicted octanol–water partition coefficient (Wildman–Crippen LogP) is 1.54. The molecule has 0 aliphatic heterocycles. The molecule has 1 aromatic heterocycles. The number of hydrogen-bond acceptors (Lipinski definition) is 6. The molecule has 0 fully saturated rings. The van der Waals surface area contributed by atoms with Crippen LogP contribution >= 0.6 is 11.3 Å². The number of aromatic carboxylic acids is 1. The lowest BCUT2D eigenvalue weighted by Gasteiger charge is -2.04. The molecule has 4 N–H and O–H groups in total. The minimum absolute atomic E-state index is 0.0331. The van der Waals surface area contributed by atoms with E-state index in [1.165, 1.54) is 18.2 Å². The zero-order chi connectivity index (χ0) is 14.9. The van der Waals surface area contributed by atoms with E-state index >= 15 is 0 Å². The molecule has 0 saturated heterocycles. The van der Waals surface area contributed by atoms with Gasteiger partial charge in [-0.05, 0) is 25.1 Å². The number of aromatic nitrogens is 1. The highest BCUT2D eigenvalue weighted by Gasteiger charge is 2.14. The number of nitrogens with one attached hydrogen (secondary N) is 1. The molecule has 0 amide bonds. The van der Waals surface area contributed by atoms with Gasteiger partial charge in [-0.3, -0.25) is 0 Å². The Labute approximate surface area is 119 Å². The van der Waals surface area contributed by atoms with E-state index in [0.717, 1.165) is 11.3 Å². The van der Waals surface area contributed by atoms with Crippen molar-refractivity contribution >= 4 is 38.1 Å². The fourth-order valence-corrected chi connectivity index (χ4v) is 2.91. The molecule has 0 bridgehead atoms. The Morgan fingerprint density at radius 3 is 2.70 bits per heavy atom. The van der Waals surface area contributed by atoms with Crippen LogP contribution in [0.3, 0.4) is 0 Å². The summed E-state index contributed by atoms with van der Waals surface area (Å²) in [6.07, 6.45) is 0. The molecule has 1 aromatic carbocycles. The SMILES string of the molecule is Cc1nc(Nc2cccc(S(N)(=O)=O)c2)sc1C(=O)O. The van der Waals surface area contributed by atoms with E-state index in [-0.39, 0.29) is 9.77 Å². The fraction of sp³-hybridized carbons (Fsp3) is 0.0909. The van der Waals surface area contributed by atoms with Gasteiger partial charge in [0.25, 0.3) is 0 Å². The average Bonchev–Trinajstić information content (AvgIpc) is 2.69. The van der Waals surface area contributed by atoms with Gasteiger partial charge in [-0.1, -0.05) is 17.4 Å². The highest BCUT2D eigenvalue weighted by molar-refractivity contribution is 7.89. The molecule has 2 rings (SSSR count). The van der Waals surface area contributed by atoms with Crippen LogP contribution in [0.1, 0.15) is 15.4 Å². The number of primary sulfonamides is 1. The lowest BCUT2D eigenvalue weighted by atomic mass is 10.3. The fourth-order valence-electron chi connectivity index (χ4n) is 1.52. The van der Waals surface area contributed by atoms with Gasteiger partial charge in [0.15, 0.2) is 5.13 Å². The van der Waals surface area contributed by atoms with Gasteiger partial charge >= 0.3 is 5.97 Å². The molecule has 106 valence electrons. The zero-order valence-corrected chi connectivity index (χ0v) is 12.0. The molecule has 0 radical (unpaired) electrons. The van der Waals surface area contributed by atoms with E-state index in [1.54, 1.807) is 13.0 Å². The van der Waals surface area contributed by atoms with Crippen molar-refractivity contribution in [1.82, 2.24) is 4.98 Å². The lowest BCUT2D eigenvalue weighted by molar-refractivity contribution is 0.0701. The number of sulfonamides is 1. The van der Waals surface area contributed by atoms with Crippen molar-refractivity contribution in [3.05, 3.63) is 34.8 Å². The second-order valence-electron chi connectivity index (χ2n) is 3.94. The maximum Gasteiger partial charge on any atom is 0.347 e. The topological polar surface area (TPSA) is 122 Å². The second-order valence-corrected chi connectivity index (χ2v) is 6.50. The van der Waals surface area contributed by atoms with Crippen LogP contribution in [-0.4, -0.2) is 24.5 Å². The molecular weight excluding hydrogens is 302 g/mol. The van der Waals surface area contributed by atoms with Crippen molar-refractivity contribution in [3.8, 4) is 0 Å². The number of nitrogens with zero attached hydrogens (tertiary/aromatic N) is 1. The summed E-state index contributed by atoms with van der Waals surface area (Å²) >= 11 is 0.973. The molecule has 1 heterocycles. The summed E-state index contributed by atoms with van der Waals surface area (Å²) in [5.74, 6) is -1.05. The summed E-state index contributed by atoms with van der Waals surface area (Å²) in [6, 6.07) is 5.88. The Kier molecular flexibility index (Phi) is 3.75. The molecule has 9 heteroatoms. The normalized spacial score (nSPS) is 11.3. The third-order valence-corrected chi connectivity index (χ3v) is 4.38. The monoisotopic (exact) mass is 313 g/mol. The van der Waals surface area contributed by atoms with Crippen LogP contribution < -0.4 is 10.5 Å². The van der Waals surface area contributed by atoms with Crippen LogP contribution in [0.15, 0.2) is 29.2 Å². The summed E-state index contributed by atoms with van der Waals surface area (Å²) in [5.41, 5.74) is 0.856. The molecule has 0 spiro atoms. The summed E-state index contributed by atoms with van der Waals surface area (Å²) in [4.78, 5) is 15.1. The number of nitrogens with two attached hydrogens (primary N) is 1. The number of hydrogen-bond donors (Lipinski definition) is 3. The molecule has 2 aromatic rings. The Morgan fingerprint density at radius 1 is 1.45 bits per heavy atom. The minimum atomic E-state index is -3.79. The first kappa shape index (κ1) is 14.4. The summed E-state index contributed by atoms with van der Waals surface area (Å²) in [7, 11) is -3.79. The summed E-state index contributed by atoms with van der Waals surface area (Å²) in [6.45, 7) is 1.59. The maximum atomic E-state index is 11.2. The number of thiazole rings is 1. The number of anilines is 2. The van der Waals surface area contributed by atoms with Gasteiger partial charge in [0, 0.05) is 5.69 Å². The Balaban J connectivity index is 2.31. The number of aryl methyl sites for hydroxylation is 1. The van der Waals surface area contributed by atoms with Gasteiger partial charge in [0.2, 0.25) is 10.0 Å². The van der Waals surface area contributed by atoms with Gasteiger partial charge < -0.3 is 10.4 Å². The largest absolute Gasteiger partial charge is 0.477 e. The van der Waals surface area contributed by atoms with Gasteiger partial charge in [0.1, 0.15) is 4.88 Å². The van der Waals surface area contributed by atoms with Crippen molar-refractivity contribution in [2.75, 3.05) is 5.32 Å². The first-order chi connectivity index (χ1) is 9.27. The average molecular weight is 313 g/mol. The standard InChI is InChI=1S/C11H11N3O4S2/c1-6-9(10(15)16)19-11(13-6)14-7-3-2-4-8(5-7)20(12,17)18/h2-5H,1H3,(H,13,14)(H,15,16)(H2,12,17,18). The van der Waals surface area contributed by atoms with Crippen molar-refractivity contribution in [3.63, 3.8) is 0 Å². The molecule has 0 unspecified atom stereocenters. The van der Waals surface area contributed by atoms with E-state index in [9.17, 15) is 13.2 Å². The quantitative estimate of drug-likeness (QED) is 0.787. The lowest BCUT2D eigenvalue weighted by Crippen LogP contribution is -2.12.